The zero-order chi connectivity index (χ0) is 14.3. The van der Waals surface area contributed by atoms with E-state index < -0.39 is 6.10 Å². The van der Waals surface area contributed by atoms with Crippen LogP contribution in [0.15, 0.2) is 18.2 Å². The van der Waals surface area contributed by atoms with Gasteiger partial charge in [0.25, 0.3) is 0 Å². The SMILES string of the molecule is CCOc1ccc(CCN(C)CC(O)CN)cc1C. The molecule has 4 heteroatoms. The first-order valence-electron chi connectivity index (χ1n) is 6.85. The summed E-state index contributed by atoms with van der Waals surface area (Å²) in [5.74, 6) is 0.957. The lowest BCUT2D eigenvalue weighted by Crippen LogP contribution is -2.35. The van der Waals surface area contributed by atoms with Crippen LogP contribution in [-0.4, -0.2) is 49.4 Å². The molecule has 0 aliphatic heterocycles. The molecule has 0 spiro atoms. The molecule has 1 rings (SSSR count). The second-order valence-electron chi connectivity index (χ2n) is 4.93. The molecule has 0 fully saturated rings. The van der Waals surface area contributed by atoms with Crippen LogP contribution >= 0.6 is 0 Å². The van der Waals surface area contributed by atoms with Crippen LogP contribution < -0.4 is 10.5 Å². The highest BCUT2D eigenvalue weighted by Crippen LogP contribution is 2.19. The van der Waals surface area contributed by atoms with E-state index >= 15 is 0 Å². The molecule has 0 radical (unpaired) electrons. The minimum absolute atomic E-state index is 0.312. The maximum absolute atomic E-state index is 9.48. The Hall–Kier alpha value is -1.10. The van der Waals surface area contributed by atoms with Gasteiger partial charge in [0, 0.05) is 19.6 Å². The monoisotopic (exact) mass is 266 g/mol. The number of aryl methyl sites for hydroxylation is 1. The predicted octanol–water partition coefficient (Wildman–Crippen LogP) is 1.19. The van der Waals surface area contributed by atoms with Gasteiger partial charge in [0.15, 0.2) is 0 Å². The zero-order valence-electron chi connectivity index (χ0n) is 12.2. The molecular weight excluding hydrogens is 240 g/mol. The number of likely N-dealkylation sites (N-methyl/N-ethyl adjacent to an activating group) is 1. The molecule has 0 aromatic heterocycles. The van der Waals surface area contributed by atoms with Gasteiger partial charge >= 0.3 is 0 Å². The summed E-state index contributed by atoms with van der Waals surface area (Å²) in [5.41, 5.74) is 7.86. The van der Waals surface area contributed by atoms with Gasteiger partial charge in [-0.3, -0.25) is 0 Å². The summed E-state index contributed by atoms with van der Waals surface area (Å²) in [6, 6.07) is 6.30. The number of hydrogen-bond acceptors (Lipinski definition) is 4. The van der Waals surface area contributed by atoms with Crippen LogP contribution in [0.4, 0.5) is 0 Å². The van der Waals surface area contributed by atoms with E-state index in [-0.39, 0.29) is 0 Å². The van der Waals surface area contributed by atoms with Crippen LogP contribution in [0.3, 0.4) is 0 Å². The van der Waals surface area contributed by atoms with Crippen molar-refractivity contribution in [2.24, 2.45) is 5.73 Å². The summed E-state index contributed by atoms with van der Waals surface area (Å²) in [6.07, 6.45) is 0.521. The lowest BCUT2D eigenvalue weighted by molar-refractivity contribution is 0.133. The zero-order valence-corrected chi connectivity index (χ0v) is 12.2. The molecule has 3 N–H and O–H groups in total. The van der Waals surface area contributed by atoms with Crippen molar-refractivity contribution < 1.29 is 9.84 Å². The molecule has 0 heterocycles. The number of ether oxygens (including phenoxy) is 1. The van der Waals surface area contributed by atoms with Gasteiger partial charge in [-0.15, -0.1) is 0 Å². The van der Waals surface area contributed by atoms with Gasteiger partial charge < -0.3 is 20.5 Å². The molecule has 0 aliphatic rings. The van der Waals surface area contributed by atoms with Crippen LogP contribution in [0.25, 0.3) is 0 Å². The summed E-state index contributed by atoms with van der Waals surface area (Å²) in [4.78, 5) is 2.10. The molecule has 0 bridgehead atoms. The highest BCUT2D eigenvalue weighted by atomic mass is 16.5. The van der Waals surface area contributed by atoms with Crippen LogP contribution in [0.5, 0.6) is 5.75 Å². The molecule has 1 atom stereocenters. The maximum atomic E-state index is 9.48. The second kappa shape index (κ2) is 8.15. The van der Waals surface area contributed by atoms with Crippen molar-refractivity contribution in [2.45, 2.75) is 26.4 Å². The van der Waals surface area contributed by atoms with Crippen molar-refractivity contribution in [3.8, 4) is 5.75 Å². The Morgan fingerprint density at radius 1 is 1.42 bits per heavy atom. The molecular formula is C15H26N2O2. The fourth-order valence-corrected chi connectivity index (χ4v) is 2.03. The molecule has 0 aliphatic carbocycles. The Labute approximate surface area is 116 Å². The van der Waals surface area contributed by atoms with Gasteiger partial charge in [0.1, 0.15) is 5.75 Å². The summed E-state index contributed by atoms with van der Waals surface area (Å²) >= 11 is 0. The minimum Gasteiger partial charge on any atom is -0.494 e. The fourth-order valence-electron chi connectivity index (χ4n) is 2.03. The lowest BCUT2D eigenvalue weighted by atomic mass is 10.1. The molecule has 19 heavy (non-hydrogen) atoms. The standard InChI is InChI=1S/C15H26N2O2/c1-4-19-15-6-5-13(9-12(15)2)7-8-17(3)11-14(18)10-16/h5-6,9,14,18H,4,7-8,10-11,16H2,1-3H3. The number of benzene rings is 1. The number of aliphatic hydroxyl groups is 1. The third-order valence-electron chi connectivity index (χ3n) is 3.12. The van der Waals surface area contributed by atoms with Crippen molar-refractivity contribution in [3.63, 3.8) is 0 Å². The Morgan fingerprint density at radius 2 is 2.16 bits per heavy atom. The fraction of sp³-hybridized carbons (Fsp3) is 0.600. The van der Waals surface area contributed by atoms with Crippen molar-refractivity contribution >= 4 is 0 Å². The maximum Gasteiger partial charge on any atom is 0.122 e. The Kier molecular flexibility index (Phi) is 6.84. The molecule has 0 saturated heterocycles. The van der Waals surface area contributed by atoms with E-state index in [2.05, 4.69) is 24.0 Å². The molecule has 0 saturated carbocycles. The van der Waals surface area contributed by atoms with Crippen molar-refractivity contribution in [2.75, 3.05) is 33.3 Å². The molecule has 4 nitrogen and oxygen atoms in total. The van der Waals surface area contributed by atoms with Gasteiger partial charge in [-0.1, -0.05) is 12.1 Å². The van der Waals surface area contributed by atoms with E-state index in [1.807, 2.05) is 20.0 Å². The first kappa shape index (κ1) is 16.0. The summed E-state index contributed by atoms with van der Waals surface area (Å²) in [5, 5.41) is 9.48. The Bertz CT molecular complexity index is 382. The smallest absolute Gasteiger partial charge is 0.122 e. The summed E-state index contributed by atoms with van der Waals surface area (Å²) < 4.78 is 5.53. The highest BCUT2D eigenvalue weighted by molar-refractivity contribution is 5.36. The second-order valence-corrected chi connectivity index (χ2v) is 4.93. The quantitative estimate of drug-likeness (QED) is 0.742. The molecule has 1 aromatic carbocycles. The van der Waals surface area contributed by atoms with E-state index in [9.17, 15) is 5.11 Å². The minimum atomic E-state index is -0.438. The summed E-state index contributed by atoms with van der Waals surface area (Å²) in [6.45, 7) is 6.59. The topological polar surface area (TPSA) is 58.7 Å². The van der Waals surface area contributed by atoms with Gasteiger partial charge in [-0.05, 0) is 44.5 Å². The third-order valence-corrected chi connectivity index (χ3v) is 3.12. The average molecular weight is 266 g/mol. The van der Waals surface area contributed by atoms with E-state index in [1.54, 1.807) is 0 Å². The van der Waals surface area contributed by atoms with Crippen LogP contribution in [0, 0.1) is 6.92 Å². The Morgan fingerprint density at radius 3 is 2.74 bits per heavy atom. The van der Waals surface area contributed by atoms with E-state index in [0.717, 1.165) is 18.7 Å². The molecule has 1 unspecified atom stereocenters. The van der Waals surface area contributed by atoms with E-state index in [1.165, 1.54) is 11.1 Å². The van der Waals surface area contributed by atoms with E-state index in [4.69, 9.17) is 10.5 Å². The number of nitrogens with two attached hydrogens (primary N) is 1. The van der Waals surface area contributed by atoms with Gasteiger partial charge in [-0.2, -0.15) is 0 Å². The predicted molar refractivity (Wildman–Crippen MR) is 78.6 cm³/mol. The lowest BCUT2D eigenvalue weighted by Gasteiger charge is -2.19. The van der Waals surface area contributed by atoms with Crippen molar-refractivity contribution in [1.82, 2.24) is 4.90 Å². The Balaban J connectivity index is 2.47. The van der Waals surface area contributed by atoms with Crippen LogP contribution in [-0.2, 0) is 6.42 Å². The van der Waals surface area contributed by atoms with Crippen LogP contribution in [0.2, 0.25) is 0 Å². The average Bonchev–Trinajstić information content (AvgIpc) is 2.39. The van der Waals surface area contributed by atoms with Crippen LogP contribution in [0.1, 0.15) is 18.1 Å². The van der Waals surface area contributed by atoms with Crippen molar-refractivity contribution in [1.29, 1.82) is 0 Å². The molecule has 108 valence electrons. The molecule has 0 amide bonds. The number of rotatable bonds is 8. The largest absolute Gasteiger partial charge is 0.494 e. The normalized spacial score (nSPS) is 12.7. The van der Waals surface area contributed by atoms with Gasteiger partial charge in [-0.25, -0.2) is 0 Å². The van der Waals surface area contributed by atoms with Gasteiger partial charge in [0.2, 0.25) is 0 Å². The van der Waals surface area contributed by atoms with Crippen molar-refractivity contribution in [3.05, 3.63) is 29.3 Å². The third kappa shape index (κ3) is 5.59. The summed E-state index contributed by atoms with van der Waals surface area (Å²) in [7, 11) is 2.00. The highest BCUT2D eigenvalue weighted by Gasteiger charge is 2.07. The number of aliphatic hydroxyl groups excluding tert-OH is 1. The first-order chi connectivity index (χ1) is 9.06. The number of nitrogens with zero attached hydrogens (tertiary/aromatic N) is 1. The first-order valence-corrected chi connectivity index (χ1v) is 6.85. The molecule has 1 aromatic rings. The van der Waals surface area contributed by atoms with E-state index in [0.29, 0.717) is 19.7 Å². The number of hydrogen-bond donors (Lipinski definition) is 2. The van der Waals surface area contributed by atoms with Gasteiger partial charge in [0.05, 0.1) is 12.7 Å².